The Bertz CT molecular complexity index is 531. The molecule has 2 N–H and O–H groups in total. The van der Waals surface area contributed by atoms with E-state index in [1.807, 2.05) is 11.9 Å². The first-order valence-corrected chi connectivity index (χ1v) is 6.83. The maximum Gasteiger partial charge on any atom is 0.224 e. The largest absolute Gasteiger partial charge is 0.394 e. The van der Waals surface area contributed by atoms with Crippen molar-refractivity contribution in [2.45, 2.75) is 6.54 Å². The molecule has 7 heteroatoms. The fraction of sp³-hybridized carbons (Fsp3) is 0.200. The average molecular weight is 334 g/mol. The van der Waals surface area contributed by atoms with Crippen molar-refractivity contribution in [1.29, 1.82) is 0 Å². The lowest BCUT2D eigenvalue weighted by Crippen LogP contribution is -2.19. The van der Waals surface area contributed by atoms with Crippen LogP contribution in [0, 0.1) is 0 Å². The van der Waals surface area contributed by atoms with Crippen LogP contribution in [0.25, 0.3) is 0 Å². The van der Waals surface area contributed by atoms with Crippen LogP contribution in [0.3, 0.4) is 0 Å². The summed E-state index contributed by atoms with van der Waals surface area (Å²) >= 11 is 10.8. The number of anilines is 2. The number of thiophene rings is 1. The molecule has 0 unspecified atom stereocenters. The van der Waals surface area contributed by atoms with E-state index in [2.05, 4.69) is 37.3 Å². The van der Waals surface area contributed by atoms with Gasteiger partial charge in [0.15, 0.2) is 5.82 Å². The highest BCUT2D eigenvalue weighted by atomic mass is 79.9. The van der Waals surface area contributed by atoms with Gasteiger partial charge in [0.1, 0.15) is 0 Å². The van der Waals surface area contributed by atoms with Gasteiger partial charge in [0.25, 0.3) is 0 Å². The van der Waals surface area contributed by atoms with Crippen molar-refractivity contribution in [3.05, 3.63) is 32.3 Å². The fourth-order valence-electron chi connectivity index (χ4n) is 1.44. The van der Waals surface area contributed by atoms with Crippen molar-refractivity contribution in [2.75, 3.05) is 17.7 Å². The Morgan fingerprint density at radius 1 is 1.59 bits per heavy atom. The summed E-state index contributed by atoms with van der Waals surface area (Å²) in [5.74, 6) is 0.646. The molecular formula is C10H10BrClN4S. The van der Waals surface area contributed by atoms with Gasteiger partial charge in [0.2, 0.25) is 5.28 Å². The summed E-state index contributed by atoms with van der Waals surface area (Å²) in [6.07, 6.45) is 1.52. The van der Waals surface area contributed by atoms with Gasteiger partial charge < -0.3 is 10.6 Å². The molecule has 2 aromatic heterocycles. The SMILES string of the molecule is CN(Cc1csc(Br)c1)c1nc(Cl)ncc1N. The number of nitrogens with zero attached hydrogens (tertiary/aromatic N) is 3. The number of halogens is 2. The Morgan fingerprint density at radius 3 is 3.00 bits per heavy atom. The first kappa shape index (κ1) is 12.6. The quantitative estimate of drug-likeness (QED) is 0.877. The lowest BCUT2D eigenvalue weighted by Gasteiger charge is -2.18. The van der Waals surface area contributed by atoms with Crippen LogP contribution in [0.5, 0.6) is 0 Å². The van der Waals surface area contributed by atoms with E-state index in [0.717, 1.165) is 10.3 Å². The van der Waals surface area contributed by atoms with Crippen LogP contribution in [-0.4, -0.2) is 17.0 Å². The van der Waals surface area contributed by atoms with E-state index in [1.165, 1.54) is 11.8 Å². The van der Waals surface area contributed by atoms with Gasteiger partial charge >= 0.3 is 0 Å². The first-order chi connectivity index (χ1) is 8.06. The second-order valence-corrected chi connectivity index (χ2v) is 6.16. The van der Waals surface area contributed by atoms with Crippen LogP contribution >= 0.6 is 38.9 Å². The van der Waals surface area contributed by atoms with E-state index >= 15 is 0 Å². The Kier molecular flexibility index (Phi) is 3.86. The van der Waals surface area contributed by atoms with Gasteiger partial charge in [0, 0.05) is 13.6 Å². The number of hydrogen-bond acceptors (Lipinski definition) is 5. The predicted molar refractivity (Wildman–Crippen MR) is 75.6 cm³/mol. The van der Waals surface area contributed by atoms with E-state index in [0.29, 0.717) is 11.5 Å². The van der Waals surface area contributed by atoms with E-state index in [1.54, 1.807) is 11.3 Å². The van der Waals surface area contributed by atoms with E-state index in [4.69, 9.17) is 17.3 Å². The van der Waals surface area contributed by atoms with Crippen LogP contribution in [-0.2, 0) is 6.54 Å². The minimum atomic E-state index is 0.201. The molecule has 0 amide bonds. The third-order valence-corrected chi connectivity index (χ3v) is 3.90. The van der Waals surface area contributed by atoms with Gasteiger partial charge in [-0.25, -0.2) is 4.98 Å². The molecule has 0 atom stereocenters. The van der Waals surface area contributed by atoms with Gasteiger partial charge in [0.05, 0.1) is 15.7 Å². The molecule has 0 aromatic carbocycles. The maximum atomic E-state index is 5.82. The van der Waals surface area contributed by atoms with Gasteiger partial charge in [-0.05, 0) is 44.5 Å². The summed E-state index contributed by atoms with van der Waals surface area (Å²) < 4.78 is 1.11. The lowest BCUT2D eigenvalue weighted by molar-refractivity contribution is 0.897. The molecule has 4 nitrogen and oxygen atoms in total. The van der Waals surface area contributed by atoms with E-state index in [9.17, 15) is 0 Å². The highest BCUT2D eigenvalue weighted by Crippen LogP contribution is 2.25. The third kappa shape index (κ3) is 3.08. The molecule has 0 saturated carbocycles. The second kappa shape index (κ2) is 5.20. The topological polar surface area (TPSA) is 55.0 Å². The Balaban J connectivity index is 2.19. The fourth-order valence-corrected chi connectivity index (χ4v) is 2.77. The zero-order valence-corrected chi connectivity index (χ0v) is 12.2. The number of nitrogens with two attached hydrogens (primary N) is 1. The predicted octanol–water partition coefficient (Wildman–Crippen LogP) is 3.17. The third-order valence-electron chi connectivity index (χ3n) is 2.17. The molecule has 0 radical (unpaired) electrons. The molecule has 0 aliphatic carbocycles. The van der Waals surface area contributed by atoms with E-state index < -0.39 is 0 Å². The van der Waals surface area contributed by atoms with Crippen LogP contribution in [0.1, 0.15) is 5.56 Å². The van der Waals surface area contributed by atoms with E-state index in [-0.39, 0.29) is 5.28 Å². The molecule has 90 valence electrons. The standard InChI is InChI=1S/C10H10BrClN4S/c1-16(4-6-2-8(11)17-5-6)9-7(13)3-14-10(12)15-9/h2-3,5H,4,13H2,1H3. The Labute approximate surface area is 117 Å². The highest BCUT2D eigenvalue weighted by Gasteiger charge is 2.10. The first-order valence-electron chi connectivity index (χ1n) is 4.78. The van der Waals surface area contributed by atoms with Crippen LogP contribution in [0.15, 0.2) is 21.4 Å². The minimum absolute atomic E-state index is 0.201. The van der Waals surface area contributed by atoms with Crippen molar-refractivity contribution >= 4 is 50.4 Å². The summed E-state index contributed by atoms with van der Waals surface area (Å²) in [7, 11) is 1.92. The summed E-state index contributed by atoms with van der Waals surface area (Å²) in [5, 5.41) is 2.28. The molecule has 0 spiro atoms. The molecule has 2 rings (SSSR count). The van der Waals surface area contributed by atoms with Crippen molar-refractivity contribution in [3.63, 3.8) is 0 Å². The molecule has 0 aliphatic heterocycles. The zero-order valence-electron chi connectivity index (χ0n) is 9.02. The molecule has 17 heavy (non-hydrogen) atoms. The number of nitrogen functional groups attached to an aromatic ring is 1. The van der Waals surface area contributed by atoms with Crippen LogP contribution < -0.4 is 10.6 Å². The van der Waals surface area contributed by atoms with Gasteiger partial charge in [-0.2, -0.15) is 4.98 Å². The smallest absolute Gasteiger partial charge is 0.224 e. The van der Waals surface area contributed by atoms with Crippen LogP contribution in [0.4, 0.5) is 11.5 Å². The van der Waals surface area contributed by atoms with Crippen molar-refractivity contribution in [2.24, 2.45) is 0 Å². The minimum Gasteiger partial charge on any atom is -0.394 e. The molecule has 0 fully saturated rings. The molecule has 0 bridgehead atoms. The molecule has 0 saturated heterocycles. The number of aromatic nitrogens is 2. The zero-order chi connectivity index (χ0) is 12.4. The monoisotopic (exact) mass is 332 g/mol. The second-order valence-electron chi connectivity index (χ2n) is 3.53. The van der Waals surface area contributed by atoms with Gasteiger partial charge in [-0.1, -0.05) is 0 Å². The summed E-state index contributed by atoms with van der Waals surface area (Å²) in [4.78, 5) is 9.89. The average Bonchev–Trinajstić information content (AvgIpc) is 2.67. The highest BCUT2D eigenvalue weighted by molar-refractivity contribution is 9.11. The Morgan fingerprint density at radius 2 is 2.35 bits per heavy atom. The van der Waals surface area contributed by atoms with Crippen LogP contribution in [0.2, 0.25) is 5.28 Å². The number of rotatable bonds is 3. The van der Waals surface area contributed by atoms with Crippen molar-refractivity contribution in [3.8, 4) is 0 Å². The molecule has 2 heterocycles. The normalized spacial score (nSPS) is 10.5. The molecule has 0 aliphatic rings. The molecular weight excluding hydrogens is 324 g/mol. The lowest BCUT2D eigenvalue weighted by atomic mass is 10.3. The molecule has 2 aromatic rings. The summed E-state index contributed by atoms with van der Waals surface area (Å²) in [6.45, 7) is 0.722. The van der Waals surface area contributed by atoms with Gasteiger partial charge in [-0.3, -0.25) is 0 Å². The maximum absolute atomic E-state index is 5.82. The van der Waals surface area contributed by atoms with Crippen molar-refractivity contribution in [1.82, 2.24) is 9.97 Å². The summed E-state index contributed by atoms with van der Waals surface area (Å²) in [5.41, 5.74) is 7.53. The Hall–Kier alpha value is -0.850. The van der Waals surface area contributed by atoms with Gasteiger partial charge in [-0.15, -0.1) is 11.3 Å². The van der Waals surface area contributed by atoms with Crippen molar-refractivity contribution < 1.29 is 0 Å². The summed E-state index contributed by atoms with van der Waals surface area (Å²) in [6, 6.07) is 2.07. The number of hydrogen-bond donors (Lipinski definition) is 1.